The van der Waals surface area contributed by atoms with Crippen LogP contribution in [-0.4, -0.2) is 42.0 Å². The zero-order chi connectivity index (χ0) is 23.0. The van der Waals surface area contributed by atoms with Crippen LogP contribution in [0.2, 0.25) is 0 Å². The molecule has 168 valence electrons. The standard InChI is InChI=1S/C21H26N2O6S2/c1-12(30-3)28-18-7-5-14(9-16(18)20(22)24)26-11-27-15-6-8-19(29-13(2)31-4)17(10-15)21(23)25/h5-10,12-13H,11H2,1-4H3,(H2,22,24)(H2,23,25). The minimum absolute atomic E-state index is 0.140. The third-order valence-corrected chi connectivity index (χ3v) is 5.65. The number of amides is 2. The highest BCUT2D eigenvalue weighted by molar-refractivity contribution is 7.99. The quantitative estimate of drug-likeness (QED) is 0.456. The molecule has 0 aliphatic carbocycles. The van der Waals surface area contributed by atoms with Gasteiger partial charge in [0.1, 0.15) is 33.9 Å². The second-order valence-electron chi connectivity index (χ2n) is 6.29. The number of ether oxygens (including phenoxy) is 4. The molecule has 0 spiro atoms. The zero-order valence-corrected chi connectivity index (χ0v) is 19.4. The Morgan fingerprint density at radius 1 is 0.806 bits per heavy atom. The second kappa shape index (κ2) is 11.6. The molecule has 0 fully saturated rings. The van der Waals surface area contributed by atoms with Crippen LogP contribution in [0.5, 0.6) is 23.0 Å². The van der Waals surface area contributed by atoms with E-state index in [9.17, 15) is 9.59 Å². The molecule has 0 aliphatic heterocycles. The first-order valence-electron chi connectivity index (χ1n) is 9.27. The minimum atomic E-state index is -0.629. The molecule has 2 unspecified atom stereocenters. The van der Waals surface area contributed by atoms with E-state index in [0.717, 1.165) is 0 Å². The van der Waals surface area contributed by atoms with Crippen LogP contribution in [0.4, 0.5) is 0 Å². The zero-order valence-electron chi connectivity index (χ0n) is 17.7. The van der Waals surface area contributed by atoms with Gasteiger partial charge in [-0.25, -0.2) is 0 Å². The van der Waals surface area contributed by atoms with Crippen molar-refractivity contribution in [3.63, 3.8) is 0 Å². The Kier molecular flexibility index (Phi) is 9.20. The molecule has 0 saturated heterocycles. The van der Waals surface area contributed by atoms with Crippen molar-refractivity contribution in [2.24, 2.45) is 11.5 Å². The van der Waals surface area contributed by atoms with Gasteiger partial charge in [-0.15, -0.1) is 23.5 Å². The van der Waals surface area contributed by atoms with E-state index in [2.05, 4.69) is 0 Å². The Hall–Kier alpha value is -2.72. The summed E-state index contributed by atoms with van der Waals surface area (Å²) in [5, 5.41) is 0. The maximum absolute atomic E-state index is 11.8. The van der Waals surface area contributed by atoms with Crippen LogP contribution >= 0.6 is 23.5 Å². The molecule has 10 heteroatoms. The van der Waals surface area contributed by atoms with Crippen molar-refractivity contribution >= 4 is 35.3 Å². The first kappa shape index (κ1) is 24.5. The lowest BCUT2D eigenvalue weighted by Crippen LogP contribution is -2.16. The summed E-state index contributed by atoms with van der Waals surface area (Å²) in [5.74, 6) is 0.253. The van der Waals surface area contributed by atoms with E-state index >= 15 is 0 Å². The number of hydrogen-bond acceptors (Lipinski definition) is 8. The first-order valence-corrected chi connectivity index (χ1v) is 11.8. The summed E-state index contributed by atoms with van der Waals surface area (Å²) >= 11 is 2.99. The Morgan fingerprint density at radius 3 is 1.52 bits per heavy atom. The molecule has 0 radical (unpaired) electrons. The summed E-state index contributed by atoms with van der Waals surface area (Å²) in [6.45, 7) is 3.57. The molecule has 2 atom stereocenters. The minimum Gasteiger partial charge on any atom is -0.479 e. The van der Waals surface area contributed by atoms with Crippen molar-refractivity contribution in [1.29, 1.82) is 0 Å². The summed E-state index contributed by atoms with van der Waals surface area (Å²) < 4.78 is 22.5. The van der Waals surface area contributed by atoms with Gasteiger partial charge < -0.3 is 30.4 Å². The fraction of sp³-hybridized carbons (Fsp3) is 0.333. The highest BCUT2D eigenvalue weighted by atomic mass is 32.2. The summed E-state index contributed by atoms with van der Waals surface area (Å²) in [6.07, 6.45) is 3.80. The van der Waals surface area contributed by atoms with Crippen LogP contribution in [0.25, 0.3) is 0 Å². The van der Waals surface area contributed by atoms with Crippen LogP contribution in [0, 0.1) is 0 Å². The average Bonchev–Trinajstić information content (AvgIpc) is 2.74. The molecule has 2 aromatic rings. The molecular formula is C21H26N2O6S2. The predicted octanol–water partition coefficient (Wildman–Crippen LogP) is 3.48. The number of hydrogen-bond donors (Lipinski definition) is 2. The van der Waals surface area contributed by atoms with E-state index in [-0.39, 0.29) is 28.8 Å². The summed E-state index contributed by atoms with van der Waals surface area (Å²) in [7, 11) is 0. The molecule has 8 nitrogen and oxygen atoms in total. The van der Waals surface area contributed by atoms with E-state index in [4.69, 9.17) is 30.4 Å². The fourth-order valence-corrected chi connectivity index (χ4v) is 2.81. The van der Waals surface area contributed by atoms with E-state index in [1.807, 2.05) is 26.4 Å². The van der Waals surface area contributed by atoms with Gasteiger partial charge in [-0.1, -0.05) is 0 Å². The number of rotatable bonds is 12. The largest absolute Gasteiger partial charge is 0.479 e. The van der Waals surface area contributed by atoms with E-state index in [1.165, 1.54) is 35.7 Å². The molecule has 2 amide bonds. The number of carbonyl (C=O) groups is 2. The van der Waals surface area contributed by atoms with Crippen molar-refractivity contribution in [2.75, 3.05) is 19.3 Å². The lowest BCUT2D eigenvalue weighted by Gasteiger charge is -2.16. The van der Waals surface area contributed by atoms with Crippen molar-refractivity contribution in [1.82, 2.24) is 0 Å². The number of primary amides is 2. The number of thioether (sulfide) groups is 2. The van der Waals surface area contributed by atoms with Gasteiger partial charge in [-0.3, -0.25) is 9.59 Å². The lowest BCUT2D eigenvalue weighted by molar-refractivity contribution is 0.0987. The number of benzene rings is 2. The Balaban J connectivity index is 2.07. The van der Waals surface area contributed by atoms with Crippen LogP contribution < -0.4 is 30.4 Å². The summed E-state index contributed by atoms with van der Waals surface area (Å²) in [4.78, 5) is 23.5. The van der Waals surface area contributed by atoms with Crippen LogP contribution in [-0.2, 0) is 0 Å². The second-order valence-corrected chi connectivity index (χ2v) is 8.56. The van der Waals surface area contributed by atoms with Crippen LogP contribution in [0.15, 0.2) is 36.4 Å². The fourth-order valence-electron chi connectivity index (χ4n) is 2.41. The topological polar surface area (TPSA) is 123 Å². The van der Waals surface area contributed by atoms with Crippen molar-refractivity contribution in [3.8, 4) is 23.0 Å². The molecule has 0 saturated carbocycles. The molecule has 2 aromatic carbocycles. The van der Waals surface area contributed by atoms with Gasteiger partial charge in [-0.05, 0) is 62.8 Å². The smallest absolute Gasteiger partial charge is 0.252 e. The van der Waals surface area contributed by atoms with Gasteiger partial charge in [-0.2, -0.15) is 0 Å². The SMILES string of the molecule is CSC(C)Oc1ccc(OCOc2ccc(OC(C)SC)c(C(N)=O)c2)cc1C(N)=O. The molecule has 0 bridgehead atoms. The monoisotopic (exact) mass is 466 g/mol. The highest BCUT2D eigenvalue weighted by Gasteiger charge is 2.15. The molecule has 31 heavy (non-hydrogen) atoms. The third kappa shape index (κ3) is 7.18. The Morgan fingerprint density at radius 2 is 1.19 bits per heavy atom. The first-order chi connectivity index (χ1) is 14.7. The van der Waals surface area contributed by atoms with Crippen molar-refractivity contribution in [2.45, 2.75) is 24.7 Å². The molecular weight excluding hydrogens is 440 g/mol. The van der Waals surface area contributed by atoms with Crippen molar-refractivity contribution < 1.29 is 28.5 Å². The molecule has 2 rings (SSSR count). The van der Waals surface area contributed by atoms with Gasteiger partial charge in [0.25, 0.3) is 11.8 Å². The number of carbonyl (C=O) groups excluding carboxylic acids is 2. The Labute approximate surface area is 189 Å². The summed E-state index contributed by atoms with van der Waals surface area (Å²) in [5.41, 5.74) is 11.0. The van der Waals surface area contributed by atoms with Crippen LogP contribution in [0.1, 0.15) is 34.6 Å². The molecule has 0 aromatic heterocycles. The Bertz CT molecular complexity index is 851. The molecule has 0 heterocycles. The number of nitrogens with two attached hydrogens (primary N) is 2. The van der Waals surface area contributed by atoms with Gasteiger partial charge in [0, 0.05) is 0 Å². The van der Waals surface area contributed by atoms with E-state index in [1.54, 1.807) is 24.3 Å². The maximum Gasteiger partial charge on any atom is 0.252 e. The predicted molar refractivity (Wildman–Crippen MR) is 123 cm³/mol. The normalized spacial score (nSPS) is 12.5. The maximum atomic E-state index is 11.8. The van der Waals surface area contributed by atoms with E-state index in [0.29, 0.717) is 23.0 Å². The third-order valence-electron chi connectivity index (χ3n) is 4.13. The lowest BCUT2D eigenvalue weighted by atomic mass is 10.2. The average molecular weight is 467 g/mol. The van der Waals surface area contributed by atoms with Gasteiger partial charge in [0.05, 0.1) is 11.1 Å². The van der Waals surface area contributed by atoms with Crippen molar-refractivity contribution in [3.05, 3.63) is 47.5 Å². The summed E-state index contributed by atoms with van der Waals surface area (Å²) in [6, 6.07) is 9.51. The van der Waals surface area contributed by atoms with Crippen LogP contribution in [0.3, 0.4) is 0 Å². The molecule has 4 N–H and O–H groups in total. The molecule has 0 aliphatic rings. The van der Waals surface area contributed by atoms with Gasteiger partial charge >= 0.3 is 0 Å². The van der Waals surface area contributed by atoms with Gasteiger partial charge in [0.2, 0.25) is 6.79 Å². The highest BCUT2D eigenvalue weighted by Crippen LogP contribution is 2.28. The van der Waals surface area contributed by atoms with Gasteiger partial charge in [0.15, 0.2) is 0 Å². The van der Waals surface area contributed by atoms with E-state index < -0.39 is 11.8 Å².